The number of amides is 3. The third-order valence-electron chi connectivity index (χ3n) is 4.57. The second-order valence-corrected chi connectivity index (χ2v) is 6.34. The first-order valence-electron chi connectivity index (χ1n) is 8.48. The van der Waals surface area contributed by atoms with Crippen molar-refractivity contribution in [2.75, 3.05) is 12.4 Å². The summed E-state index contributed by atoms with van der Waals surface area (Å²) in [6.07, 6.45) is 8.44. The monoisotopic (exact) mass is 317 g/mol. The van der Waals surface area contributed by atoms with Crippen LogP contribution in [0.1, 0.15) is 50.5 Å². The molecule has 126 valence electrons. The van der Waals surface area contributed by atoms with Crippen molar-refractivity contribution in [3.8, 4) is 0 Å². The number of carbonyl (C=O) groups excluding carboxylic acids is 2. The van der Waals surface area contributed by atoms with Gasteiger partial charge in [-0.2, -0.15) is 0 Å². The largest absolute Gasteiger partial charge is 0.369 e. The highest BCUT2D eigenvalue weighted by Gasteiger charge is 2.21. The molecule has 5 nitrogen and oxygen atoms in total. The molecule has 0 unspecified atom stereocenters. The Bertz CT molecular complexity index is 537. The van der Waals surface area contributed by atoms with Crippen molar-refractivity contribution < 1.29 is 9.59 Å². The van der Waals surface area contributed by atoms with Crippen LogP contribution in [0.4, 0.5) is 10.5 Å². The maximum absolute atomic E-state index is 12.5. The minimum absolute atomic E-state index is 0.118. The van der Waals surface area contributed by atoms with Crippen LogP contribution >= 0.6 is 0 Å². The van der Waals surface area contributed by atoms with E-state index in [0.29, 0.717) is 11.7 Å². The molecule has 1 aromatic rings. The summed E-state index contributed by atoms with van der Waals surface area (Å²) in [4.78, 5) is 25.5. The van der Waals surface area contributed by atoms with Crippen molar-refractivity contribution in [1.29, 1.82) is 0 Å². The lowest BCUT2D eigenvalue weighted by Gasteiger charge is -2.30. The van der Waals surface area contributed by atoms with Crippen LogP contribution in [-0.4, -0.2) is 29.9 Å². The quantitative estimate of drug-likeness (QED) is 0.894. The summed E-state index contributed by atoms with van der Waals surface area (Å²) in [5, 5.41) is 2.93. The van der Waals surface area contributed by atoms with E-state index in [9.17, 15) is 9.59 Å². The molecule has 1 aliphatic carbocycles. The first-order valence-corrected chi connectivity index (χ1v) is 8.48. The third kappa shape index (κ3) is 5.27. The van der Waals surface area contributed by atoms with E-state index in [2.05, 4.69) is 5.32 Å². The van der Waals surface area contributed by atoms with Crippen LogP contribution in [0.25, 0.3) is 0 Å². The first kappa shape index (κ1) is 17.3. The molecule has 23 heavy (non-hydrogen) atoms. The number of hydrogen-bond donors (Lipinski definition) is 2. The molecule has 0 bridgehead atoms. The summed E-state index contributed by atoms with van der Waals surface area (Å²) >= 11 is 0. The maximum atomic E-state index is 12.5. The zero-order valence-corrected chi connectivity index (χ0v) is 13.9. The van der Waals surface area contributed by atoms with Gasteiger partial charge < -0.3 is 16.0 Å². The van der Waals surface area contributed by atoms with Crippen LogP contribution in [-0.2, 0) is 11.2 Å². The molecule has 1 fully saturated rings. The standard InChI is InChI=1S/C18H27N3O2/c1-21(15-10-5-3-2-4-6-11-15)18(23)20-16-12-8-7-9-14(16)13-17(19)22/h7-9,12,15H,2-6,10-11,13H2,1H3,(H2,19,22)(H,20,23). The molecule has 0 radical (unpaired) electrons. The molecule has 0 heterocycles. The van der Waals surface area contributed by atoms with E-state index in [1.165, 1.54) is 32.1 Å². The minimum atomic E-state index is -0.403. The van der Waals surface area contributed by atoms with Gasteiger partial charge in [0.05, 0.1) is 6.42 Å². The van der Waals surface area contributed by atoms with Crippen LogP contribution < -0.4 is 11.1 Å². The van der Waals surface area contributed by atoms with Gasteiger partial charge in [0.2, 0.25) is 5.91 Å². The number of anilines is 1. The summed E-state index contributed by atoms with van der Waals surface area (Å²) < 4.78 is 0. The number of primary amides is 1. The molecule has 0 aliphatic heterocycles. The van der Waals surface area contributed by atoms with E-state index in [1.807, 2.05) is 36.2 Å². The van der Waals surface area contributed by atoms with Crippen LogP contribution in [0.3, 0.4) is 0 Å². The molecule has 0 atom stereocenters. The topological polar surface area (TPSA) is 75.4 Å². The lowest BCUT2D eigenvalue weighted by molar-refractivity contribution is -0.117. The van der Waals surface area contributed by atoms with Gasteiger partial charge in [0.25, 0.3) is 0 Å². The third-order valence-corrected chi connectivity index (χ3v) is 4.57. The van der Waals surface area contributed by atoms with Gasteiger partial charge in [0, 0.05) is 18.8 Å². The molecule has 1 aromatic carbocycles. The zero-order valence-electron chi connectivity index (χ0n) is 13.9. The van der Waals surface area contributed by atoms with E-state index < -0.39 is 5.91 Å². The number of nitrogens with zero attached hydrogens (tertiary/aromatic N) is 1. The lowest BCUT2D eigenvalue weighted by Crippen LogP contribution is -2.40. The second-order valence-electron chi connectivity index (χ2n) is 6.34. The number of para-hydroxylation sites is 1. The predicted molar refractivity (Wildman–Crippen MR) is 92.2 cm³/mol. The predicted octanol–water partition coefficient (Wildman–Crippen LogP) is 3.29. The van der Waals surface area contributed by atoms with Gasteiger partial charge in [-0.15, -0.1) is 0 Å². The first-order chi connectivity index (χ1) is 11.1. The molecule has 3 N–H and O–H groups in total. The summed E-state index contributed by atoms with van der Waals surface area (Å²) in [7, 11) is 1.86. The van der Waals surface area contributed by atoms with E-state index in [-0.39, 0.29) is 12.5 Å². The molecular formula is C18H27N3O2. The molecule has 1 saturated carbocycles. The molecule has 3 amide bonds. The van der Waals surface area contributed by atoms with Gasteiger partial charge in [0.1, 0.15) is 0 Å². The van der Waals surface area contributed by atoms with Crippen molar-refractivity contribution in [1.82, 2.24) is 4.90 Å². The van der Waals surface area contributed by atoms with E-state index in [1.54, 1.807) is 0 Å². The molecule has 0 saturated heterocycles. The van der Waals surface area contributed by atoms with Crippen molar-refractivity contribution in [3.63, 3.8) is 0 Å². The Morgan fingerprint density at radius 2 is 1.74 bits per heavy atom. The maximum Gasteiger partial charge on any atom is 0.321 e. The highest BCUT2D eigenvalue weighted by atomic mass is 16.2. The number of nitrogens with one attached hydrogen (secondary N) is 1. The van der Waals surface area contributed by atoms with Crippen molar-refractivity contribution in [3.05, 3.63) is 29.8 Å². The molecule has 5 heteroatoms. The summed E-state index contributed by atoms with van der Waals surface area (Å²) in [6, 6.07) is 7.48. The Kier molecular flexibility index (Phi) is 6.44. The average Bonchev–Trinajstić information content (AvgIpc) is 2.48. The van der Waals surface area contributed by atoms with E-state index in [4.69, 9.17) is 5.73 Å². The Balaban J connectivity index is 2.01. The van der Waals surface area contributed by atoms with Gasteiger partial charge in [-0.1, -0.05) is 50.3 Å². The van der Waals surface area contributed by atoms with Gasteiger partial charge >= 0.3 is 6.03 Å². The number of nitrogens with two attached hydrogens (primary N) is 1. The van der Waals surface area contributed by atoms with Crippen molar-refractivity contribution in [2.24, 2.45) is 5.73 Å². The van der Waals surface area contributed by atoms with E-state index >= 15 is 0 Å². The minimum Gasteiger partial charge on any atom is -0.369 e. The Labute approximate surface area is 138 Å². The second kappa shape index (κ2) is 8.56. The molecule has 0 spiro atoms. The number of carbonyl (C=O) groups is 2. The number of hydrogen-bond acceptors (Lipinski definition) is 2. The normalized spacial score (nSPS) is 16.2. The molecule has 1 aliphatic rings. The lowest BCUT2D eigenvalue weighted by atomic mass is 9.96. The number of urea groups is 1. The highest BCUT2D eigenvalue weighted by Crippen LogP contribution is 2.22. The smallest absolute Gasteiger partial charge is 0.321 e. The van der Waals surface area contributed by atoms with Gasteiger partial charge in [-0.3, -0.25) is 4.79 Å². The Hall–Kier alpha value is -2.04. The molecule has 2 rings (SSSR count). The number of benzene rings is 1. The van der Waals surface area contributed by atoms with Crippen LogP contribution in [0, 0.1) is 0 Å². The van der Waals surface area contributed by atoms with Crippen molar-refractivity contribution in [2.45, 2.75) is 57.4 Å². The van der Waals surface area contributed by atoms with Gasteiger partial charge in [0.15, 0.2) is 0 Å². The van der Waals surface area contributed by atoms with Crippen molar-refractivity contribution >= 4 is 17.6 Å². The fourth-order valence-electron chi connectivity index (χ4n) is 3.18. The van der Waals surface area contributed by atoms with Gasteiger partial charge in [-0.25, -0.2) is 4.79 Å². The summed E-state index contributed by atoms with van der Waals surface area (Å²) in [5.41, 5.74) is 6.68. The van der Waals surface area contributed by atoms with Crippen LogP contribution in [0.2, 0.25) is 0 Å². The SMILES string of the molecule is CN(C(=O)Nc1ccccc1CC(N)=O)C1CCCCCCC1. The average molecular weight is 317 g/mol. The zero-order chi connectivity index (χ0) is 16.7. The number of rotatable bonds is 4. The van der Waals surface area contributed by atoms with Gasteiger partial charge in [-0.05, 0) is 24.5 Å². The van der Waals surface area contributed by atoms with Crippen LogP contribution in [0.5, 0.6) is 0 Å². The Morgan fingerprint density at radius 1 is 1.13 bits per heavy atom. The Morgan fingerprint density at radius 3 is 2.39 bits per heavy atom. The molecular weight excluding hydrogens is 290 g/mol. The fraction of sp³-hybridized carbons (Fsp3) is 0.556. The fourth-order valence-corrected chi connectivity index (χ4v) is 3.18. The summed E-state index contributed by atoms with van der Waals surface area (Å²) in [6.45, 7) is 0. The highest BCUT2D eigenvalue weighted by molar-refractivity contribution is 5.91. The molecule has 0 aromatic heterocycles. The van der Waals surface area contributed by atoms with Crippen LogP contribution in [0.15, 0.2) is 24.3 Å². The summed E-state index contributed by atoms with van der Waals surface area (Å²) in [5.74, 6) is -0.403. The van der Waals surface area contributed by atoms with E-state index in [0.717, 1.165) is 18.4 Å².